The Labute approximate surface area is 250 Å². The first-order valence-electron chi connectivity index (χ1n) is 14.3. The van der Waals surface area contributed by atoms with Gasteiger partial charge in [0.1, 0.15) is 5.54 Å². The van der Waals surface area contributed by atoms with E-state index in [0.717, 1.165) is 44.3 Å². The Balaban J connectivity index is 1.45. The number of hydrogen-bond acceptors (Lipinski definition) is 2. The summed E-state index contributed by atoms with van der Waals surface area (Å²) in [5.74, 6) is 0.121. The number of nitrogens with zero attached hydrogens (tertiary/aromatic N) is 3. The van der Waals surface area contributed by atoms with Crippen molar-refractivity contribution in [2.24, 2.45) is 0 Å². The van der Waals surface area contributed by atoms with E-state index in [2.05, 4.69) is 109 Å². The van der Waals surface area contributed by atoms with Crippen molar-refractivity contribution >= 4 is 28.4 Å². The lowest BCUT2D eigenvalue weighted by molar-refractivity contribution is -0.134. The van der Waals surface area contributed by atoms with Crippen molar-refractivity contribution in [3.63, 3.8) is 0 Å². The van der Waals surface area contributed by atoms with Crippen LogP contribution < -0.4 is 0 Å². The Morgan fingerprint density at radius 3 is 1.74 bits per heavy atom. The fourth-order valence-corrected chi connectivity index (χ4v) is 6.71. The summed E-state index contributed by atoms with van der Waals surface area (Å²) in [6.07, 6.45) is 0.334. The monoisotopic (exact) mass is 567 g/mol. The van der Waals surface area contributed by atoms with Crippen LogP contribution in [0.4, 0.5) is 0 Å². The highest BCUT2D eigenvalue weighted by Crippen LogP contribution is 2.44. The molecule has 0 saturated heterocycles. The number of halogens is 1. The van der Waals surface area contributed by atoms with Gasteiger partial charge < -0.3 is 4.90 Å². The smallest absolute Gasteiger partial charge is 0.227 e. The molecule has 0 unspecified atom stereocenters. The third kappa shape index (κ3) is 4.22. The Kier molecular flexibility index (Phi) is 6.64. The average molecular weight is 568 g/mol. The maximum atomic E-state index is 13.5. The van der Waals surface area contributed by atoms with Gasteiger partial charge in [0.05, 0.1) is 18.0 Å². The van der Waals surface area contributed by atoms with Gasteiger partial charge in [-0.05, 0) is 52.4 Å². The Bertz CT molecular complexity index is 1770. The van der Waals surface area contributed by atoms with Crippen LogP contribution in [0.2, 0.25) is 5.15 Å². The molecule has 0 bridgehead atoms. The molecule has 1 atom stereocenters. The molecular formula is C37H30ClN3O. The third-order valence-corrected chi connectivity index (χ3v) is 8.88. The average Bonchev–Trinajstić information content (AvgIpc) is 3.36. The maximum absolute atomic E-state index is 13.5. The number of benzene rings is 5. The predicted molar refractivity (Wildman–Crippen MR) is 168 cm³/mol. The molecule has 0 spiro atoms. The molecule has 5 heteroatoms. The van der Waals surface area contributed by atoms with Crippen molar-refractivity contribution in [2.45, 2.75) is 31.5 Å². The lowest BCUT2D eigenvalue weighted by Gasteiger charge is -2.37. The normalized spacial score (nSPS) is 14.1. The minimum absolute atomic E-state index is 0.0253. The van der Waals surface area contributed by atoms with E-state index in [-0.39, 0.29) is 11.9 Å². The molecule has 1 amide bonds. The minimum Gasteiger partial charge on any atom is -0.331 e. The second-order valence-electron chi connectivity index (χ2n) is 10.9. The molecule has 0 saturated carbocycles. The Morgan fingerprint density at radius 1 is 0.714 bits per heavy atom. The van der Waals surface area contributed by atoms with Gasteiger partial charge in [0.2, 0.25) is 5.91 Å². The first kappa shape index (κ1) is 26.2. The standard InChI is InChI=1S/C37H30ClN3O/c1-26(27-14-6-2-7-15-27)40-25-29-22-33-34(23-28(29)24-35(40)42)41(39-36(33)38)37(30-16-8-3-9-17-30,31-18-10-4-11-19-31)32-20-12-5-13-21-32/h2-23,26H,24-25H2,1H3/t26-/m1/s1. The summed E-state index contributed by atoms with van der Waals surface area (Å²) in [6, 6.07) is 45.8. The summed E-state index contributed by atoms with van der Waals surface area (Å²) in [5.41, 5.74) is 6.56. The minimum atomic E-state index is -0.796. The van der Waals surface area contributed by atoms with Crippen molar-refractivity contribution in [3.8, 4) is 0 Å². The van der Waals surface area contributed by atoms with Gasteiger partial charge >= 0.3 is 0 Å². The van der Waals surface area contributed by atoms with Crippen molar-refractivity contribution < 1.29 is 4.79 Å². The fourth-order valence-electron chi connectivity index (χ4n) is 6.49. The highest BCUT2D eigenvalue weighted by Gasteiger charge is 2.41. The van der Waals surface area contributed by atoms with E-state index < -0.39 is 5.54 Å². The number of rotatable bonds is 6. The number of fused-ring (bicyclic) bond motifs is 2. The molecule has 1 aliphatic rings. The van der Waals surface area contributed by atoms with Crippen LogP contribution in [0.25, 0.3) is 10.9 Å². The molecule has 4 nitrogen and oxygen atoms in total. The predicted octanol–water partition coefficient (Wildman–Crippen LogP) is 8.18. The quantitative estimate of drug-likeness (QED) is 0.190. The molecule has 1 aromatic heterocycles. The zero-order chi connectivity index (χ0) is 28.7. The van der Waals surface area contributed by atoms with Gasteiger partial charge in [-0.2, -0.15) is 5.10 Å². The van der Waals surface area contributed by atoms with E-state index in [1.54, 1.807) is 0 Å². The SMILES string of the molecule is C[C@H](c1ccccc1)N1Cc2cc3c(Cl)nn(C(c4ccccc4)(c4ccccc4)c4ccccc4)c3cc2CC1=O. The van der Waals surface area contributed by atoms with Crippen LogP contribution in [-0.2, 0) is 23.3 Å². The largest absolute Gasteiger partial charge is 0.331 e. The number of hydrogen-bond donors (Lipinski definition) is 0. The molecule has 1 aliphatic heterocycles. The van der Waals surface area contributed by atoms with Gasteiger partial charge in [-0.3, -0.25) is 4.79 Å². The van der Waals surface area contributed by atoms with Crippen LogP contribution in [-0.4, -0.2) is 20.6 Å². The molecule has 42 heavy (non-hydrogen) atoms. The molecule has 7 rings (SSSR count). The van der Waals surface area contributed by atoms with Gasteiger partial charge in [0.15, 0.2) is 5.15 Å². The second-order valence-corrected chi connectivity index (χ2v) is 11.3. The van der Waals surface area contributed by atoms with Crippen LogP contribution in [0.1, 0.15) is 46.3 Å². The number of carbonyl (C=O) groups excluding carboxylic acids is 1. The summed E-state index contributed by atoms with van der Waals surface area (Å²) in [6.45, 7) is 2.62. The van der Waals surface area contributed by atoms with Crippen LogP contribution in [0, 0.1) is 0 Å². The highest BCUT2D eigenvalue weighted by atomic mass is 35.5. The summed E-state index contributed by atoms with van der Waals surface area (Å²) in [4.78, 5) is 15.5. The van der Waals surface area contributed by atoms with E-state index in [4.69, 9.17) is 16.7 Å². The van der Waals surface area contributed by atoms with Crippen LogP contribution in [0.3, 0.4) is 0 Å². The molecule has 206 valence electrons. The lowest BCUT2D eigenvalue weighted by Crippen LogP contribution is -2.39. The molecule has 0 radical (unpaired) electrons. The summed E-state index contributed by atoms with van der Waals surface area (Å²) in [7, 11) is 0. The van der Waals surface area contributed by atoms with Crippen molar-refractivity contribution in [2.75, 3.05) is 0 Å². The second kappa shape index (κ2) is 10.6. The highest BCUT2D eigenvalue weighted by molar-refractivity contribution is 6.34. The number of amides is 1. The van der Waals surface area contributed by atoms with Crippen molar-refractivity contribution in [1.29, 1.82) is 0 Å². The topological polar surface area (TPSA) is 38.1 Å². The van der Waals surface area contributed by atoms with Gasteiger partial charge in [-0.15, -0.1) is 0 Å². The van der Waals surface area contributed by atoms with Crippen LogP contribution in [0.5, 0.6) is 0 Å². The summed E-state index contributed by atoms with van der Waals surface area (Å²) < 4.78 is 2.06. The van der Waals surface area contributed by atoms with E-state index in [9.17, 15) is 4.79 Å². The van der Waals surface area contributed by atoms with Crippen LogP contribution >= 0.6 is 11.6 Å². The zero-order valence-corrected chi connectivity index (χ0v) is 24.1. The van der Waals surface area contributed by atoms with Gasteiger partial charge in [0, 0.05) is 11.9 Å². The molecule has 6 aromatic rings. The van der Waals surface area contributed by atoms with E-state index in [1.807, 2.05) is 41.3 Å². The molecule has 0 fully saturated rings. The molecule has 5 aromatic carbocycles. The first-order valence-corrected chi connectivity index (χ1v) is 14.7. The number of carbonyl (C=O) groups is 1. The van der Waals surface area contributed by atoms with Crippen molar-refractivity contribution in [3.05, 3.63) is 172 Å². The van der Waals surface area contributed by atoms with Gasteiger partial charge in [-0.25, -0.2) is 4.68 Å². The Morgan fingerprint density at radius 2 is 1.21 bits per heavy atom. The van der Waals surface area contributed by atoms with E-state index in [1.165, 1.54) is 0 Å². The maximum Gasteiger partial charge on any atom is 0.227 e. The van der Waals surface area contributed by atoms with Crippen molar-refractivity contribution in [1.82, 2.24) is 14.7 Å². The fraction of sp³-hybridized carbons (Fsp3) is 0.135. The first-order chi connectivity index (χ1) is 20.6. The molecular weight excluding hydrogens is 538 g/mol. The lowest BCUT2D eigenvalue weighted by atomic mass is 9.77. The summed E-state index contributed by atoms with van der Waals surface area (Å²) in [5, 5.41) is 6.39. The molecule has 0 N–H and O–H groups in total. The van der Waals surface area contributed by atoms with E-state index in [0.29, 0.717) is 18.1 Å². The molecule has 2 heterocycles. The van der Waals surface area contributed by atoms with Gasteiger partial charge in [0.25, 0.3) is 0 Å². The van der Waals surface area contributed by atoms with Crippen LogP contribution in [0.15, 0.2) is 133 Å². The Hall–Kier alpha value is -4.67. The summed E-state index contributed by atoms with van der Waals surface area (Å²) >= 11 is 7.00. The third-order valence-electron chi connectivity index (χ3n) is 8.60. The van der Waals surface area contributed by atoms with E-state index >= 15 is 0 Å². The van der Waals surface area contributed by atoms with Gasteiger partial charge in [-0.1, -0.05) is 133 Å². The number of aromatic nitrogens is 2. The zero-order valence-electron chi connectivity index (χ0n) is 23.3. The molecule has 0 aliphatic carbocycles.